The van der Waals surface area contributed by atoms with Crippen LogP contribution >= 0.6 is 0 Å². The zero-order valence-corrected chi connectivity index (χ0v) is 8.53. The van der Waals surface area contributed by atoms with Gasteiger partial charge in [-0.1, -0.05) is 13.5 Å². The Hall–Kier alpha value is -1.90. The van der Waals surface area contributed by atoms with Crippen molar-refractivity contribution in [3.05, 3.63) is 42.0 Å². The molecule has 0 aliphatic rings. The van der Waals surface area contributed by atoms with Crippen LogP contribution in [0.2, 0.25) is 0 Å². The summed E-state index contributed by atoms with van der Waals surface area (Å²) < 4.78 is 5.01. The summed E-state index contributed by atoms with van der Waals surface area (Å²) in [5.41, 5.74) is 0.971. The van der Waals surface area contributed by atoms with Crippen LogP contribution < -0.4 is 4.74 Å². The van der Waals surface area contributed by atoms with Gasteiger partial charge in [0.05, 0.1) is 0 Å². The van der Waals surface area contributed by atoms with E-state index in [1.807, 2.05) is 6.92 Å². The van der Waals surface area contributed by atoms with Crippen molar-refractivity contribution in [1.82, 2.24) is 0 Å². The van der Waals surface area contributed by atoms with Crippen molar-refractivity contribution in [1.29, 1.82) is 0 Å². The van der Waals surface area contributed by atoms with Crippen LogP contribution in [0.5, 0.6) is 5.75 Å². The van der Waals surface area contributed by atoms with E-state index >= 15 is 0 Å². The zero-order chi connectivity index (χ0) is 11.3. The fourth-order valence-electron chi connectivity index (χ4n) is 0.938. The highest BCUT2D eigenvalue weighted by Crippen LogP contribution is 2.13. The lowest BCUT2D eigenvalue weighted by atomic mass is 10.2. The van der Waals surface area contributed by atoms with Gasteiger partial charge in [0, 0.05) is 11.1 Å². The fraction of sp³-hybridized carbons (Fsp3) is 0.167. The van der Waals surface area contributed by atoms with E-state index in [1.54, 1.807) is 24.3 Å². The Morgan fingerprint density at radius 1 is 1.40 bits per heavy atom. The zero-order valence-electron chi connectivity index (χ0n) is 8.53. The summed E-state index contributed by atoms with van der Waals surface area (Å²) in [5, 5.41) is 0. The first-order valence-corrected chi connectivity index (χ1v) is 4.62. The van der Waals surface area contributed by atoms with Gasteiger partial charge in [0.2, 0.25) is 0 Å². The average Bonchev–Trinajstić information content (AvgIpc) is 2.29. The first-order valence-electron chi connectivity index (χ1n) is 4.62. The van der Waals surface area contributed by atoms with Gasteiger partial charge >= 0.3 is 5.97 Å². The molecule has 0 aliphatic carbocycles. The summed E-state index contributed by atoms with van der Waals surface area (Å²) in [6.07, 6.45) is 1.29. The standard InChI is InChI=1S/C12H12O3/c1-3-9(2)12(14)15-11-6-4-10(8-13)5-7-11/h4-8H,2-3H2,1H3. The van der Waals surface area contributed by atoms with E-state index in [2.05, 4.69) is 6.58 Å². The van der Waals surface area contributed by atoms with E-state index in [1.165, 1.54) is 0 Å². The Morgan fingerprint density at radius 3 is 2.47 bits per heavy atom. The van der Waals surface area contributed by atoms with Crippen LogP contribution in [0.3, 0.4) is 0 Å². The van der Waals surface area contributed by atoms with Crippen LogP contribution in [-0.4, -0.2) is 12.3 Å². The van der Waals surface area contributed by atoms with E-state index in [4.69, 9.17) is 4.74 Å². The minimum Gasteiger partial charge on any atom is -0.423 e. The van der Waals surface area contributed by atoms with Crippen LogP contribution in [0.25, 0.3) is 0 Å². The highest BCUT2D eigenvalue weighted by molar-refractivity contribution is 5.89. The Labute approximate surface area is 88.4 Å². The molecular weight excluding hydrogens is 192 g/mol. The first kappa shape index (κ1) is 11.2. The van der Waals surface area contributed by atoms with Gasteiger partial charge in [0.1, 0.15) is 12.0 Å². The number of ether oxygens (including phenoxy) is 1. The molecule has 0 fully saturated rings. The predicted molar refractivity (Wildman–Crippen MR) is 56.9 cm³/mol. The number of aldehydes is 1. The maximum absolute atomic E-state index is 11.3. The molecule has 0 saturated heterocycles. The van der Waals surface area contributed by atoms with Crippen LogP contribution in [0.1, 0.15) is 23.7 Å². The molecule has 0 heterocycles. The van der Waals surface area contributed by atoms with Crippen molar-refractivity contribution in [2.24, 2.45) is 0 Å². The van der Waals surface area contributed by atoms with Crippen molar-refractivity contribution in [2.45, 2.75) is 13.3 Å². The molecule has 0 amide bonds. The Kier molecular flexibility index (Phi) is 3.80. The van der Waals surface area contributed by atoms with Gasteiger partial charge in [0.15, 0.2) is 0 Å². The second kappa shape index (κ2) is 5.10. The van der Waals surface area contributed by atoms with Crippen LogP contribution in [0, 0.1) is 0 Å². The molecule has 0 N–H and O–H groups in total. The number of benzene rings is 1. The molecule has 0 aliphatic heterocycles. The molecule has 0 atom stereocenters. The molecular formula is C12H12O3. The highest BCUT2D eigenvalue weighted by Gasteiger charge is 2.07. The smallest absolute Gasteiger partial charge is 0.338 e. The lowest BCUT2D eigenvalue weighted by molar-refractivity contribution is -0.130. The largest absolute Gasteiger partial charge is 0.423 e. The SMILES string of the molecule is C=C(CC)C(=O)Oc1ccc(C=O)cc1. The highest BCUT2D eigenvalue weighted by atomic mass is 16.5. The van der Waals surface area contributed by atoms with Crippen molar-refractivity contribution in [3.8, 4) is 5.75 Å². The summed E-state index contributed by atoms with van der Waals surface area (Å²) in [5.74, 6) is -0.0171. The number of hydrogen-bond donors (Lipinski definition) is 0. The van der Waals surface area contributed by atoms with Gasteiger partial charge in [-0.05, 0) is 30.7 Å². The summed E-state index contributed by atoms with van der Waals surface area (Å²) in [6.45, 7) is 5.40. The van der Waals surface area contributed by atoms with Crippen molar-refractivity contribution in [2.75, 3.05) is 0 Å². The predicted octanol–water partition coefficient (Wildman–Crippen LogP) is 2.37. The van der Waals surface area contributed by atoms with E-state index < -0.39 is 5.97 Å². The molecule has 0 radical (unpaired) electrons. The molecule has 1 aromatic rings. The molecule has 0 unspecified atom stereocenters. The molecule has 3 nitrogen and oxygen atoms in total. The Bertz CT molecular complexity index is 376. The minimum absolute atomic E-state index is 0.417. The number of carbonyl (C=O) groups excluding carboxylic acids is 2. The van der Waals surface area contributed by atoms with Crippen molar-refractivity contribution in [3.63, 3.8) is 0 Å². The number of rotatable bonds is 4. The molecule has 0 saturated carbocycles. The second-order valence-electron chi connectivity index (χ2n) is 3.03. The quantitative estimate of drug-likeness (QED) is 0.327. The van der Waals surface area contributed by atoms with Crippen molar-refractivity contribution < 1.29 is 14.3 Å². The molecule has 78 valence electrons. The topological polar surface area (TPSA) is 43.4 Å². The van der Waals surface area contributed by atoms with E-state index in [0.717, 1.165) is 6.29 Å². The summed E-state index contributed by atoms with van der Waals surface area (Å²) in [6, 6.07) is 6.32. The van der Waals surface area contributed by atoms with Gasteiger partial charge in [-0.3, -0.25) is 4.79 Å². The third kappa shape index (κ3) is 3.06. The Morgan fingerprint density at radius 2 is 2.00 bits per heavy atom. The summed E-state index contributed by atoms with van der Waals surface area (Å²) in [7, 11) is 0. The van der Waals surface area contributed by atoms with Gasteiger partial charge < -0.3 is 4.74 Å². The maximum Gasteiger partial charge on any atom is 0.338 e. The van der Waals surface area contributed by atoms with E-state index in [0.29, 0.717) is 23.3 Å². The third-order valence-electron chi connectivity index (χ3n) is 1.94. The molecule has 0 aromatic heterocycles. The minimum atomic E-state index is -0.434. The number of carbonyl (C=O) groups is 2. The average molecular weight is 204 g/mol. The van der Waals surface area contributed by atoms with Crippen LogP contribution in [0.4, 0.5) is 0 Å². The lowest BCUT2D eigenvalue weighted by Gasteiger charge is -2.04. The van der Waals surface area contributed by atoms with Crippen molar-refractivity contribution >= 4 is 12.3 Å². The normalized spacial score (nSPS) is 9.40. The monoisotopic (exact) mass is 204 g/mol. The lowest BCUT2D eigenvalue weighted by Crippen LogP contribution is -2.09. The van der Waals surface area contributed by atoms with E-state index in [9.17, 15) is 9.59 Å². The summed E-state index contributed by atoms with van der Waals surface area (Å²) in [4.78, 5) is 21.7. The van der Waals surface area contributed by atoms with Gasteiger partial charge in [-0.2, -0.15) is 0 Å². The summed E-state index contributed by atoms with van der Waals surface area (Å²) >= 11 is 0. The van der Waals surface area contributed by atoms with Gasteiger partial charge in [-0.25, -0.2) is 4.79 Å². The van der Waals surface area contributed by atoms with Gasteiger partial charge in [-0.15, -0.1) is 0 Å². The fourth-order valence-corrected chi connectivity index (χ4v) is 0.938. The molecule has 15 heavy (non-hydrogen) atoms. The molecule has 1 rings (SSSR count). The first-order chi connectivity index (χ1) is 7.17. The number of esters is 1. The number of hydrogen-bond acceptors (Lipinski definition) is 3. The maximum atomic E-state index is 11.3. The molecule has 0 spiro atoms. The van der Waals surface area contributed by atoms with Crippen LogP contribution in [-0.2, 0) is 4.79 Å². The van der Waals surface area contributed by atoms with E-state index in [-0.39, 0.29) is 0 Å². The third-order valence-corrected chi connectivity index (χ3v) is 1.94. The molecule has 1 aromatic carbocycles. The Balaban J connectivity index is 2.69. The van der Waals surface area contributed by atoms with Gasteiger partial charge in [0.25, 0.3) is 0 Å². The molecule has 3 heteroatoms. The second-order valence-corrected chi connectivity index (χ2v) is 3.03. The molecule has 0 bridgehead atoms. The van der Waals surface area contributed by atoms with Crippen LogP contribution in [0.15, 0.2) is 36.4 Å².